The Morgan fingerprint density at radius 2 is 2.05 bits per heavy atom. The molecule has 0 saturated heterocycles. The molecule has 0 aliphatic carbocycles. The monoisotopic (exact) mass is 336 g/mol. The molecular formula is C13H13ClN6OS. The van der Waals surface area contributed by atoms with Crippen LogP contribution in [0.1, 0.15) is 11.3 Å². The average Bonchev–Trinajstić information content (AvgIpc) is 2.85. The highest BCUT2D eigenvalue weighted by molar-refractivity contribution is 7.13. The Kier molecular flexibility index (Phi) is 6.31. The molecule has 0 unspecified atom stereocenters. The molecule has 9 heteroatoms. The van der Waals surface area contributed by atoms with Crippen molar-refractivity contribution in [3.05, 3.63) is 40.9 Å². The summed E-state index contributed by atoms with van der Waals surface area (Å²) < 4.78 is 0. The zero-order valence-corrected chi connectivity index (χ0v) is 12.9. The van der Waals surface area contributed by atoms with Gasteiger partial charge in [0.1, 0.15) is 0 Å². The Hall–Kier alpha value is -2.63. The van der Waals surface area contributed by atoms with E-state index in [2.05, 4.69) is 15.3 Å². The number of guanidine groups is 1. The number of anilines is 1. The third-order valence-electron chi connectivity index (χ3n) is 2.40. The second kappa shape index (κ2) is 7.97. The van der Waals surface area contributed by atoms with Crippen molar-refractivity contribution >= 4 is 46.4 Å². The van der Waals surface area contributed by atoms with Gasteiger partial charge in [-0.25, -0.2) is 4.98 Å². The van der Waals surface area contributed by atoms with Crippen molar-refractivity contribution in [1.29, 1.82) is 5.26 Å². The Morgan fingerprint density at radius 3 is 2.64 bits per heavy atom. The predicted octanol–water partition coefficient (Wildman–Crippen LogP) is 1.52. The normalized spacial score (nSPS) is 9.23. The van der Waals surface area contributed by atoms with Gasteiger partial charge >= 0.3 is 0 Å². The van der Waals surface area contributed by atoms with Gasteiger partial charge in [-0.2, -0.15) is 10.3 Å². The summed E-state index contributed by atoms with van der Waals surface area (Å²) in [6, 6.07) is 8.62. The standard InChI is InChI=1S/C13H12N6OS.ClH/c14-6-8-1-3-9(4-2-8)17-11(20)5-10-7-21-13(18-10)19-12(15)16;/h1-4,7H,5H2,(H,17,20)(H4,15,16,18,19);1H. The van der Waals surface area contributed by atoms with Gasteiger partial charge in [0.05, 0.1) is 23.7 Å². The quantitative estimate of drug-likeness (QED) is 0.575. The summed E-state index contributed by atoms with van der Waals surface area (Å²) in [4.78, 5) is 19.8. The molecule has 114 valence electrons. The largest absolute Gasteiger partial charge is 0.370 e. The summed E-state index contributed by atoms with van der Waals surface area (Å²) in [6.07, 6.45) is 0.122. The lowest BCUT2D eigenvalue weighted by atomic mass is 10.2. The topological polar surface area (TPSA) is 130 Å². The predicted molar refractivity (Wildman–Crippen MR) is 88.3 cm³/mol. The number of aliphatic imine (C=N–C) groups is 1. The molecule has 0 radical (unpaired) electrons. The van der Waals surface area contributed by atoms with Gasteiger partial charge in [-0.3, -0.25) is 4.79 Å². The van der Waals surface area contributed by atoms with Crippen LogP contribution in [0.3, 0.4) is 0 Å². The summed E-state index contributed by atoms with van der Waals surface area (Å²) in [6.45, 7) is 0. The first kappa shape index (κ1) is 17.4. The summed E-state index contributed by atoms with van der Waals surface area (Å²) in [5, 5.41) is 13.6. The summed E-state index contributed by atoms with van der Waals surface area (Å²) in [7, 11) is 0. The molecule has 1 heterocycles. The van der Waals surface area contributed by atoms with Gasteiger partial charge in [0.25, 0.3) is 0 Å². The number of nitrogens with two attached hydrogens (primary N) is 2. The Balaban J connectivity index is 0.00000242. The van der Waals surface area contributed by atoms with Crippen LogP contribution in [0.25, 0.3) is 0 Å². The number of nitrogens with one attached hydrogen (secondary N) is 1. The van der Waals surface area contributed by atoms with Crippen molar-refractivity contribution in [2.24, 2.45) is 16.5 Å². The molecule has 1 amide bonds. The lowest BCUT2D eigenvalue weighted by Gasteiger charge is -2.03. The fourth-order valence-corrected chi connectivity index (χ4v) is 2.24. The number of nitriles is 1. The maximum absolute atomic E-state index is 11.9. The minimum Gasteiger partial charge on any atom is -0.370 e. The van der Waals surface area contributed by atoms with Gasteiger partial charge < -0.3 is 16.8 Å². The SMILES string of the molecule is Cl.N#Cc1ccc(NC(=O)Cc2csc(N=C(N)N)n2)cc1. The molecule has 0 aliphatic heterocycles. The van der Waals surface area contributed by atoms with Gasteiger partial charge in [-0.15, -0.1) is 23.7 Å². The van der Waals surface area contributed by atoms with E-state index in [0.29, 0.717) is 22.1 Å². The van der Waals surface area contributed by atoms with Gasteiger partial charge in [0.2, 0.25) is 11.0 Å². The highest BCUT2D eigenvalue weighted by Gasteiger charge is 2.08. The van der Waals surface area contributed by atoms with Gasteiger partial charge in [-0.1, -0.05) is 0 Å². The first-order valence-electron chi connectivity index (χ1n) is 5.91. The van der Waals surface area contributed by atoms with Crippen LogP contribution in [-0.2, 0) is 11.2 Å². The van der Waals surface area contributed by atoms with Gasteiger partial charge in [-0.05, 0) is 24.3 Å². The zero-order valence-electron chi connectivity index (χ0n) is 11.3. The van der Waals surface area contributed by atoms with E-state index >= 15 is 0 Å². The number of rotatable bonds is 4. The molecule has 0 fully saturated rings. The van der Waals surface area contributed by atoms with E-state index in [9.17, 15) is 4.79 Å². The van der Waals surface area contributed by atoms with Crippen molar-refractivity contribution in [2.45, 2.75) is 6.42 Å². The number of amides is 1. The molecule has 0 atom stereocenters. The second-order valence-electron chi connectivity index (χ2n) is 4.07. The minimum atomic E-state index is -0.207. The summed E-state index contributed by atoms with van der Waals surface area (Å²) >= 11 is 1.26. The highest BCUT2D eigenvalue weighted by Crippen LogP contribution is 2.19. The minimum absolute atomic E-state index is 0. The molecule has 2 rings (SSSR count). The number of halogens is 1. The summed E-state index contributed by atoms with van der Waals surface area (Å²) in [5.41, 5.74) is 12.3. The molecule has 0 saturated carbocycles. The first-order chi connectivity index (χ1) is 10.1. The lowest BCUT2D eigenvalue weighted by Crippen LogP contribution is -2.21. The van der Waals surface area contributed by atoms with E-state index in [4.69, 9.17) is 16.7 Å². The van der Waals surface area contributed by atoms with Crippen LogP contribution in [0.5, 0.6) is 0 Å². The van der Waals surface area contributed by atoms with Crippen LogP contribution in [0.2, 0.25) is 0 Å². The number of hydrogen-bond acceptors (Lipinski definition) is 5. The number of carbonyl (C=O) groups excluding carboxylic acids is 1. The smallest absolute Gasteiger partial charge is 0.230 e. The molecule has 1 aromatic heterocycles. The molecule has 0 bridgehead atoms. The molecule has 0 spiro atoms. The van der Waals surface area contributed by atoms with Gasteiger partial charge in [0, 0.05) is 11.1 Å². The molecular weight excluding hydrogens is 324 g/mol. The number of aromatic nitrogens is 1. The number of hydrogen-bond donors (Lipinski definition) is 3. The summed E-state index contributed by atoms with van der Waals surface area (Å²) in [5.74, 6) is -0.279. The average molecular weight is 337 g/mol. The molecule has 22 heavy (non-hydrogen) atoms. The van der Waals surface area contributed by atoms with Gasteiger partial charge in [0.15, 0.2) is 5.96 Å². The Morgan fingerprint density at radius 1 is 1.36 bits per heavy atom. The molecule has 1 aromatic carbocycles. The van der Waals surface area contributed by atoms with Crippen LogP contribution in [-0.4, -0.2) is 16.9 Å². The van der Waals surface area contributed by atoms with Crippen molar-refractivity contribution in [1.82, 2.24) is 4.98 Å². The zero-order chi connectivity index (χ0) is 15.2. The van der Waals surface area contributed by atoms with Crippen molar-refractivity contribution in [3.8, 4) is 6.07 Å². The van der Waals surface area contributed by atoms with E-state index in [1.165, 1.54) is 11.3 Å². The number of nitrogens with zero attached hydrogens (tertiary/aromatic N) is 3. The van der Waals surface area contributed by atoms with E-state index < -0.39 is 0 Å². The molecule has 5 N–H and O–H groups in total. The molecule has 2 aromatic rings. The van der Waals surface area contributed by atoms with Crippen molar-refractivity contribution in [3.63, 3.8) is 0 Å². The molecule has 0 aliphatic rings. The third kappa shape index (κ3) is 5.05. The Labute approximate surface area is 137 Å². The van der Waals surface area contributed by atoms with Crippen molar-refractivity contribution < 1.29 is 4.79 Å². The Bertz CT molecular complexity index is 715. The van der Waals surface area contributed by atoms with Crippen LogP contribution >= 0.6 is 23.7 Å². The van der Waals surface area contributed by atoms with Crippen LogP contribution in [0.4, 0.5) is 10.8 Å². The first-order valence-corrected chi connectivity index (χ1v) is 6.79. The highest BCUT2D eigenvalue weighted by atomic mass is 35.5. The second-order valence-corrected chi connectivity index (χ2v) is 4.91. The number of thiazole rings is 1. The third-order valence-corrected chi connectivity index (χ3v) is 3.19. The van der Waals surface area contributed by atoms with E-state index in [1.807, 2.05) is 6.07 Å². The van der Waals surface area contributed by atoms with E-state index in [1.54, 1.807) is 29.6 Å². The number of carbonyl (C=O) groups is 1. The van der Waals surface area contributed by atoms with Crippen LogP contribution in [0, 0.1) is 11.3 Å². The lowest BCUT2D eigenvalue weighted by molar-refractivity contribution is -0.115. The molecule has 7 nitrogen and oxygen atoms in total. The maximum atomic E-state index is 11.9. The van der Waals surface area contributed by atoms with Crippen molar-refractivity contribution in [2.75, 3.05) is 5.32 Å². The van der Waals surface area contributed by atoms with Crippen LogP contribution < -0.4 is 16.8 Å². The fraction of sp³-hybridized carbons (Fsp3) is 0.0769. The van der Waals surface area contributed by atoms with E-state index in [0.717, 1.165) is 0 Å². The number of benzene rings is 1. The van der Waals surface area contributed by atoms with E-state index in [-0.39, 0.29) is 30.7 Å². The fourth-order valence-electron chi connectivity index (χ4n) is 1.54. The van der Waals surface area contributed by atoms with Crippen LogP contribution in [0.15, 0.2) is 34.6 Å². The maximum Gasteiger partial charge on any atom is 0.230 e.